The predicted octanol–water partition coefficient (Wildman–Crippen LogP) is 5.28. The van der Waals surface area contributed by atoms with Crippen LogP contribution in [0.3, 0.4) is 0 Å². The molecule has 1 aliphatic rings. The zero-order valence-corrected chi connectivity index (χ0v) is 13.0. The average molecular weight is 259 g/mol. The van der Waals surface area contributed by atoms with Crippen molar-refractivity contribution in [1.29, 1.82) is 0 Å². The molecular weight excluding hydrogens is 230 g/mol. The highest BCUT2D eigenvalue weighted by Gasteiger charge is 2.32. The second kappa shape index (κ2) is 7.40. The normalized spacial score (nSPS) is 19.2. The summed E-state index contributed by atoms with van der Waals surface area (Å²) in [7, 11) is 0. The second-order valence-electron chi connectivity index (χ2n) is 6.10. The van der Waals surface area contributed by atoms with Crippen LogP contribution in [0.4, 0.5) is 0 Å². The van der Waals surface area contributed by atoms with Crippen LogP contribution in [0, 0.1) is 11.8 Å². The summed E-state index contributed by atoms with van der Waals surface area (Å²) in [6.45, 7) is 19.7. The lowest BCUT2D eigenvalue weighted by Gasteiger charge is -2.22. The number of likely N-dealkylation sites (tertiary alicyclic amines) is 1. The highest BCUT2D eigenvalue weighted by molar-refractivity contribution is 5.22. The van der Waals surface area contributed by atoms with Crippen LogP contribution in [0.25, 0.3) is 0 Å². The van der Waals surface area contributed by atoms with Gasteiger partial charge in [-0.3, -0.25) is 0 Å². The zero-order chi connectivity index (χ0) is 14.4. The third-order valence-electron chi connectivity index (χ3n) is 3.95. The molecule has 0 N–H and O–H groups in total. The molecule has 1 atom stereocenters. The SMILES string of the molecule is C=C=C1C(C(C)C)CC(=C)N1CCCCCC(=C)C. The Morgan fingerprint density at radius 1 is 1.37 bits per heavy atom. The standard InChI is InChI=1S/C18H29N/c1-7-18-17(15(4)5)13-16(6)19(18)12-10-8-9-11-14(2)3/h15,17H,1-2,6,8-13H2,3-5H3. The van der Waals surface area contributed by atoms with Crippen molar-refractivity contribution in [2.75, 3.05) is 6.54 Å². The minimum Gasteiger partial charge on any atom is -0.343 e. The van der Waals surface area contributed by atoms with Crippen LogP contribution < -0.4 is 0 Å². The smallest absolute Gasteiger partial charge is 0.0637 e. The van der Waals surface area contributed by atoms with E-state index in [4.69, 9.17) is 0 Å². The van der Waals surface area contributed by atoms with Gasteiger partial charge < -0.3 is 4.90 Å². The maximum absolute atomic E-state index is 4.22. The molecule has 0 aromatic heterocycles. The summed E-state index contributed by atoms with van der Waals surface area (Å²) < 4.78 is 0. The van der Waals surface area contributed by atoms with Crippen LogP contribution in [-0.2, 0) is 0 Å². The molecule has 0 bridgehead atoms. The molecule has 1 unspecified atom stereocenters. The molecule has 1 nitrogen and oxygen atoms in total. The summed E-state index contributed by atoms with van der Waals surface area (Å²) in [4.78, 5) is 2.35. The van der Waals surface area contributed by atoms with E-state index in [0.717, 1.165) is 19.4 Å². The van der Waals surface area contributed by atoms with Crippen molar-refractivity contribution in [2.24, 2.45) is 11.8 Å². The highest BCUT2D eigenvalue weighted by Crippen LogP contribution is 2.38. The Kier molecular flexibility index (Phi) is 6.18. The zero-order valence-electron chi connectivity index (χ0n) is 13.0. The molecule has 106 valence electrons. The fourth-order valence-corrected chi connectivity index (χ4v) is 2.76. The topological polar surface area (TPSA) is 3.24 Å². The molecule has 0 aliphatic carbocycles. The molecule has 1 heteroatoms. The Morgan fingerprint density at radius 2 is 2.05 bits per heavy atom. The first kappa shape index (κ1) is 15.9. The Balaban J connectivity index is 2.46. The van der Waals surface area contributed by atoms with Crippen LogP contribution in [0.2, 0.25) is 0 Å². The Morgan fingerprint density at radius 3 is 2.58 bits per heavy atom. The molecule has 0 radical (unpaired) electrons. The number of hydrogen-bond donors (Lipinski definition) is 0. The van der Waals surface area contributed by atoms with Gasteiger partial charge >= 0.3 is 0 Å². The van der Waals surface area contributed by atoms with Crippen molar-refractivity contribution >= 4 is 0 Å². The molecule has 1 heterocycles. The highest BCUT2D eigenvalue weighted by atomic mass is 15.2. The molecule has 1 saturated heterocycles. The summed E-state index contributed by atoms with van der Waals surface area (Å²) in [5, 5.41) is 0. The molecule has 0 saturated carbocycles. The minimum absolute atomic E-state index is 0.556. The van der Waals surface area contributed by atoms with Crippen molar-refractivity contribution in [3.63, 3.8) is 0 Å². The number of unbranched alkanes of at least 4 members (excludes halogenated alkanes) is 2. The maximum atomic E-state index is 4.22. The number of hydrogen-bond acceptors (Lipinski definition) is 1. The Bertz CT molecular complexity index is 382. The molecule has 0 aromatic carbocycles. The first-order valence-electron chi connectivity index (χ1n) is 7.47. The van der Waals surface area contributed by atoms with Crippen molar-refractivity contribution in [1.82, 2.24) is 4.90 Å². The van der Waals surface area contributed by atoms with Gasteiger partial charge in [-0.1, -0.05) is 39.0 Å². The van der Waals surface area contributed by atoms with Gasteiger partial charge in [-0.2, -0.15) is 0 Å². The fraction of sp³-hybridized carbons (Fsp3) is 0.611. The largest absolute Gasteiger partial charge is 0.343 e. The summed E-state index contributed by atoms with van der Waals surface area (Å²) in [6.07, 6.45) is 5.94. The average Bonchev–Trinajstić information content (AvgIpc) is 2.65. The van der Waals surface area contributed by atoms with Crippen molar-refractivity contribution < 1.29 is 0 Å². The number of allylic oxidation sites excluding steroid dienone is 3. The predicted molar refractivity (Wildman–Crippen MR) is 84.7 cm³/mol. The third kappa shape index (κ3) is 4.44. The van der Waals surface area contributed by atoms with E-state index >= 15 is 0 Å². The van der Waals surface area contributed by atoms with E-state index in [-0.39, 0.29) is 0 Å². The van der Waals surface area contributed by atoms with Gasteiger partial charge in [0, 0.05) is 18.2 Å². The molecule has 1 fully saturated rings. The van der Waals surface area contributed by atoms with E-state index in [1.165, 1.54) is 36.2 Å². The van der Waals surface area contributed by atoms with Crippen molar-refractivity contribution in [2.45, 2.75) is 52.9 Å². The third-order valence-corrected chi connectivity index (χ3v) is 3.95. The van der Waals surface area contributed by atoms with E-state index in [1.54, 1.807) is 0 Å². The van der Waals surface area contributed by atoms with Gasteiger partial charge in [0.1, 0.15) is 0 Å². The van der Waals surface area contributed by atoms with Crippen LogP contribution in [0.5, 0.6) is 0 Å². The van der Waals surface area contributed by atoms with Crippen molar-refractivity contribution in [3.05, 3.63) is 42.4 Å². The van der Waals surface area contributed by atoms with Crippen molar-refractivity contribution in [3.8, 4) is 0 Å². The summed E-state index contributed by atoms with van der Waals surface area (Å²) in [6, 6.07) is 0. The number of nitrogens with zero attached hydrogens (tertiary/aromatic N) is 1. The van der Waals surface area contributed by atoms with Gasteiger partial charge in [0.25, 0.3) is 0 Å². The Labute approximate surface area is 119 Å². The molecule has 19 heavy (non-hydrogen) atoms. The van der Waals surface area contributed by atoms with Gasteiger partial charge in [-0.05, 0) is 38.5 Å². The molecule has 0 aromatic rings. The maximum Gasteiger partial charge on any atom is 0.0637 e. The summed E-state index contributed by atoms with van der Waals surface area (Å²) >= 11 is 0. The lowest BCUT2D eigenvalue weighted by atomic mass is 9.92. The lowest BCUT2D eigenvalue weighted by Crippen LogP contribution is -2.19. The van der Waals surface area contributed by atoms with Gasteiger partial charge in [0.2, 0.25) is 0 Å². The van der Waals surface area contributed by atoms with Crippen LogP contribution in [0.15, 0.2) is 42.4 Å². The molecule has 0 spiro atoms. The first-order chi connectivity index (χ1) is 8.97. The quantitative estimate of drug-likeness (QED) is 0.341. The summed E-state index contributed by atoms with van der Waals surface area (Å²) in [5.74, 6) is 1.19. The molecule has 1 aliphatic heterocycles. The first-order valence-corrected chi connectivity index (χ1v) is 7.47. The molecule has 0 amide bonds. The van der Waals surface area contributed by atoms with Gasteiger partial charge in [-0.15, -0.1) is 12.3 Å². The molecular formula is C18H29N. The van der Waals surface area contributed by atoms with E-state index in [0.29, 0.717) is 11.8 Å². The minimum atomic E-state index is 0.556. The van der Waals surface area contributed by atoms with E-state index in [1.807, 2.05) is 0 Å². The van der Waals surface area contributed by atoms with Gasteiger partial charge in [0.05, 0.1) is 5.70 Å². The summed E-state index contributed by atoms with van der Waals surface area (Å²) in [5.41, 5.74) is 6.95. The van der Waals surface area contributed by atoms with Crippen LogP contribution in [-0.4, -0.2) is 11.4 Å². The fourth-order valence-electron chi connectivity index (χ4n) is 2.76. The second-order valence-corrected chi connectivity index (χ2v) is 6.10. The molecule has 1 rings (SSSR count). The van der Waals surface area contributed by atoms with E-state index in [2.05, 4.69) is 51.1 Å². The van der Waals surface area contributed by atoms with E-state index in [9.17, 15) is 0 Å². The van der Waals surface area contributed by atoms with Crippen LogP contribution in [0.1, 0.15) is 52.9 Å². The van der Waals surface area contributed by atoms with Crippen LogP contribution >= 0.6 is 0 Å². The van der Waals surface area contributed by atoms with Gasteiger partial charge in [-0.25, -0.2) is 0 Å². The number of rotatable bonds is 7. The Hall–Kier alpha value is -1.20. The van der Waals surface area contributed by atoms with Gasteiger partial charge in [0.15, 0.2) is 0 Å². The monoisotopic (exact) mass is 259 g/mol. The van der Waals surface area contributed by atoms with E-state index < -0.39 is 0 Å². The lowest BCUT2D eigenvalue weighted by molar-refractivity contribution is 0.395.